The van der Waals surface area contributed by atoms with Crippen LogP contribution in [0.3, 0.4) is 0 Å². The lowest BCUT2D eigenvalue weighted by atomic mass is 10.1. The van der Waals surface area contributed by atoms with Gasteiger partial charge in [0.2, 0.25) is 5.91 Å². The molecule has 0 aromatic heterocycles. The SMILES string of the molecule is C=C(C)C(=O)NCCCCCCCCC[N+](C)(C)CCCS(=O)(=O)[O-]. The Kier molecular flexibility index (Phi) is 12.0. The van der Waals surface area contributed by atoms with Gasteiger partial charge in [0, 0.05) is 24.3 Å². The van der Waals surface area contributed by atoms with Crippen molar-refractivity contribution in [2.75, 3.05) is 39.5 Å². The third kappa shape index (κ3) is 16.3. The van der Waals surface area contributed by atoms with Crippen molar-refractivity contribution in [1.82, 2.24) is 5.32 Å². The van der Waals surface area contributed by atoms with Crippen LogP contribution in [0.2, 0.25) is 0 Å². The van der Waals surface area contributed by atoms with Crippen molar-refractivity contribution in [2.45, 2.75) is 58.3 Å². The van der Waals surface area contributed by atoms with Crippen molar-refractivity contribution in [3.63, 3.8) is 0 Å². The van der Waals surface area contributed by atoms with Crippen molar-refractivity contribution < 1.29 is 22.2 Å². The van der Waals surface area contributed by atoms with Gasteiger partial charge in [0.15, 0.2) is 0 Å². The van der Waals surface area contributed by atoms with E-state index in [1.807, 2.05) is 0 Å². The summed E-state index contributed by atoms with van der Waals surface area (Å²) in [5, 5.41) is 2.84. The van der Waals surface area contributed by atoms with E-state index in [4.69, 9.17) is 0 Å². The van der Waals surface area contributed by atoms with Crippen LogP contribution in [0.1, 0.15) is 58.3 Å². The number of nitrogens with zero attached hydrogens (tertiary/aromatic N) is 1. The van der Waals surface area contributed by atoms with E-state index in [0.29, 0.717) is 12.0 Å². The van der Waals surface area contributed by atoms with E-state index in [2.05, 4.69) is 26.0 Å². The standard InChI is InChI=1S/C18H36N2O4S/c1-17(2)18(21)19-13-10-8-6-5-7-9-11-14-20(3,4)15-12-16-25(22,23)24/h1,5-16H2,2-4H3,(H-,19,21,22,23,24). The molecule has 0 fully saturated rings. The smallest absolute Gasteiger partial charge is 0.246 e. The Labute approximate surface area is 154 Å². The third-order valence-corrected chi connectivity index (χ3v) is 5.06. The highest BCUT2D eigenvalue weighted by Crippen LogP contribution is 2.10. The fourth-order valence-corrected chi connectivity index (χ4v) is 3.17. The summed E-state index contributed by atoms with van der Waals surface area (Å²) < 4.78 is 32.6. The highest BCUT2D eigenvalue weighted by atomic mass is 32.2. The molecule has 0 unspecified atom stereocenters. The second kappa shape index (κ2) is 12.4. The molecular weight excluding hydrogens is 340 g/mol. The zero-order valence-electron chi connectivity index (χ0n) is 16.2. The molecule has 0 rings (SSSR count). The number of hydrogen-bond donors (Lipinski definition) is 1. The maximum absolute atomic E-state index is 11.3. The molecule has 0 saturated heterocycles. The second-order valence-corrected chi connectivity index (χ2v) is 9.03. The molecule has 0 heterocycles. The van der Waals surface area contributed by atoms with Crippen molar-refractivity contribution in [3.05, 3.63) is 12.2 Å². The molecule has 0 atom stereocenters. The zero-order chi connectivity index (χ0) is 19.3. The van der Waals surface area contributed by atoms with Crippen molar-refractivity contribution in [2.24, 2.45) is 0 Å². The van der Waals surface area contributed by atoms with Crippen LogP contribution >= 0.6 is 0 Å². The van der Waals surface area contributed by atoms with Gasteiger partial charge >= 0.3 is 0 Å². The molecule has 0 aliphatic carbocycles. The molecule has 0 aliphatic rings. The quantitative estimate of drug-likeness (QED) is 0.206. The van der Waals surface area contributed by atoms with Gasteiger partial charge in [-0.05, 0) is 26.2 Å². The minimum absolute atomic E-state index is 0.0615. The van der Waals surface area contributed by atoms with E-state index < -0.39 is 10.1 Å². The van der Waals surface area contributed by atoms with Crippen LogP contribution in [0.5, 0.6) is 0 Å². The van der Waals surface area contributed by atoms with Crippen LogP contribution in [-0.2, 0) is 14.9 Å². The summed E-state index contributed by atoms with van der Waals surface area (Å²) in [5.74, 6) is -0.324. The maximum Gasteiger partial charge on any atom is 0.246 e. The van der Waals surface area contributed by atoms with Gasteiger partial charge < -0.3 is 14.4 Å². The first-order valence-corrected chi connectivity index (χ1v) is 10.8. The van der Waals surface area contributed by atoms with Gasteiger partial charge in [0.05, 0.1) is 37.3 Å². The topological polar surface area (TPSA) is 86.3 Å². The molecule has 0 aromatic rings. The molecule has 0 saturated carbocycles. The average Bonchev–Trinajstić information content (AvgIpc) is 2.47. The lowest BCUT2D eigenvalue weighted by molar-refractivity contribution is -0.890. The number of carbonyl (C=O) groups excluding carboxylic acids is 1. The van der Waals surface area contributed by atoms with E-state index >= 15 is 0 Å². The van der Waals surface area contributed by atoms with Gasteiger partial charge in [-0.3, -0.25) is 4.79 Å². The highest BCUT2D eigenvalue weighted by molar-refractivity contribution is 7.85. The van der Waals surface area contributed by atoms with Gasteiger partial charge in [0.25, 0.3) is 0 Å². The van der Waals surface area contributed by atoms with Gasteiger partial charge in [0.1, 0.15) is 0 Å². The molecule has 0 aliphatic heterocycles. The van der Waals surface area contributed by atoms with Crippen molar-refractivity contribution in [1.29, 1.82) is 0 Å². The Balaban J connectivity index is 3.50. The molecular formula is C18H36N2O4S. The van der Waals surface area contributed by atoms with E-state index in [1.54, 1.807) is 6.92 Å². The fraction of sp³-hybridized carbons (Fsp3) is 0.833. The highest BCUT2D eigenvalue weighted by Gasteiger charge is 2.14. The zero-order valence-corrected chi connectivity index (χ0v) is 17.0. The third-order valence-electron chi connectivity index (χ3n) is 4.27. The van der Waals surface area contributed by atoms with Crippen molar-refractivity contribution >= 4 is 16.0 Å². The summed E-state index contributed by atoms with van der Waals surface area (Å²) in [6.07, 6.45) is 8.44. The Bertz CT molecular complexity index is 501. The number of rotatable bonds is 15. The van der Waals surface area contributed by atoms with Gasteiger partial charge in [-0.1, -0.05) is 32.3 Å². The number of amides is 1. The summed E-state index contributed by atoms with van der Waals surface area (Å²) in [6.45, 7) is 7.76. The van der Waals surface area contributed by atoms with Crippen LogP contribution in [-0.4, -0.2) is 62.8 Å². The summed E-state index contributed by atoms with van der Waals surface area (Å²) in [4.78, 5) is 11.3. The van der Waals surface area contributed by atoms with E-state index in [9.17, 15) is 17.8 Å². The van der Waals surface area contributed by atoms with E-state index in [1.165, 1.54) is 25.7 Å². The first-order valence-electron chi connectivity index (χ1n) is 9.23. The van der Waals surface area contributed by atoms with Gasteiger partial charge in [-0.25, -0.2) is 8.42 Å². The molecule has 1 N–H and O–H groups in total. The molecule has 0 radical (unpaired) electrons. The average molecular weight is 377 g/mol. The summed E-state index contributed by atoms with van der Waals surface area (Å²) in [6, 6.07) is 0. The summed E-state index contributed by atoms with van der Waals surface area (Å²) >= 11 is 0. The summed E-state index contributed by atoms with van der Waals surface area (Å²) in [5.41, 5.74) is 0.552. The first-order chi connectivity index (χ1) is 11.5. The number of nitrogens with one attached hydrogen (secondary N) is 1. The molecule has 6 nitrogen and oxygen atoms in total. The number of unbranched alkanes of at least 4 members (excludes halogenated alkanes) is 6. The second-order valence-electron chi connectivity index (χ2n) is 7.51. The monoisotopic (exact) mass is 376 g/mol. The minimum atomic E-state index is -4.09. The molecule has 0 spiro atoms. The molecule has 25 heavy (non-hydrogen) atoms. The van der Waals surface area contributed by atoms with Crippen LogP contribution in [0.25, 0.3) is 0 Å². The Morgan fingerprint density at radius 2 is 1.44 bits per heavy atom. The molecule has 0 aromatic carbocycles. The van der Waals surface area contributed by atoms with Crippen LogP contribution in [0, 0.1) is 0 Å². The predicted molar refractivity (Wildman–Crippen MR) is 101 cm³/mol. The lowest BCUT2D eigenvalue weighted by Gasteiger charge is -2.30. The van der Waals surface area contributed by atoms with Crippen LogP contribution in [0.4, 0.5) is 0 Å². The molecule has 1 amide bonds. The number of quaternary nitrogens is 1. The van der Waals surface area contributed by atoms with E-state index in [-0.39, 0.29) is 11.7 Å². The predicted octanol–water partition coefficient (Wildman–Crippen LogP) is 2.42. The summed E-state index contributed by atoms with van der Waals surface area (Å²) in [7, 11) is 0.0747. The Morgan fingerprint density at radius 1 is 0.960 bits per heavy atom. The van der Waals surface area contributed by atoms with E-state index in [0.717, 1.165) is 43.4 Å². The molecule has 148 valence electrons. The van der Waals surface area contributed by atoms with Crippen molar-refractivity contribution in [3.8, 4) is 0 Å². The fourth-order valence-electron chi connectivity index (χ4n) is 2.68. The molecule has 7 heteroatoms. The van der Waals surface area contributed by atoms with Gasteiger partial charge in [-0.2, -0.15) is 0 Å². The first kappa shape index (κ1) is 24.1. The number of carbonyl (C=O) groups is 1. The van der Waals surface area contributed by atoms with Gasteiger partial charge in [-0.15, -0.1) is 0 Å². The minimum Gasteiger partial charge on any atom is -0.748 e. The normalized spacial score (nSPS) is 12.2. The molecule has 0 bridgehead atoms. The van der Waals surface area contributed by atoms with Crippen LogP contribution in [0.15, 0.2) is 12.2 Å². The Morgan fingerprint density at radius 3 is 1.96 bits per heavy atom. The van der Waals surface area contributed by atoms with Crippen LogP contribution < -0.4 is 5.32 Å². The largest absolute Gasteiger partial charge is 0.748 e. The number of hydrogen-bond acceptors (Lipinski definition) is 4. The lowest BCUT2D eigenvalue weighted by Crippen LogP contribution is -2.41. The maximum atomic E-state index is 11.3. The Hall–Kier alpha value is -0.920.